The van der Waals surface area contributed by atoms with Crippen LogP contribution in [0.3, 0.4) is 0 Å². The number of anilines is 2. The van der Waals surface area contributed by atoms with Gasteiger partial charge in [-0.25, -0.2) is 15.0 Å². The van der Waals surface area contributed by atoms with Crippen LogP contribution in [0.15, 0.2) is 229 Å². The van der Waals surface area contributed by atoms with Crippen LogP contribution in [0.2, 0.25) is 0 Å². The van der Waals surface area contributed by atoms with Crippen LogP contribution in [0.1, 0.15) is 25.8 Å². The number of fused-ring (bicyclic) bond motifs is 10. The van der Waals surface area contributed by atoms with Gasteiger partial charge in [-0.1, -0.05) is 178 Å². The molecule has 3 unspecified atom stereocenters. The monoisotopic (exact) mass is 913 g/mol. The van der Waals surface area contributed by atoms with Gasteiger partial charge in [0.1, 0.15) is 5.58 Å². The normalized spacial score (nSPS) is 17.4. The van der Waals surface area contributed by atoms with Gasteiger partial charge in [-0.15, -0.1) is 0 Å². The Balaban J connectivity index is 0.948. The second-order valence-corrected chi connectivity index (χ2v) is 19.4. The van der Waals surface area contributed by atoms with Crippen molar-refractivity contribution in [2.75, 3.05) is 4.90 Å². The number of rotatable bonds is 7. The van der Waals surface area contributed by atoms with E-state index in [0.29, 0.717) is 23.4 Å². The number of nitrogens with zero attached hydrogens (tertiary/aromatic N) is 5. The quantitative estimate of drug-likeness (QED) is 0.149. The van der Waals surface area contributed by atoms with Crippen molar-refractivity contribution in [3.8, 4) is 62.1 Å². The molecule has 6 nitrogen and oxygen atoms in total. The Labute approximate surface area is 411 Å². The molecule has 3 atom stereocenters. The number of benzene rings is 9. The Morgan fingerprint density at radius 2 is 1.06 bits per heavy atom. The molecular weight excluding hydrogens is 867 g/mol. The number of allylic oxidation sites excluding steroid dienone is 1. The van der Waals surface area contributed by atoms with Crippen molar-refractivity contribution < 1.29 is 4.42 Å². The zero-order chi connectivity index (χ0) is 47.2. The van der Waals surface area contributed by atoms with Crippen molar-refractivity contribution in [1.29, 1.82) is 0 Å². The number of hydrogen-bond acceptors (Lipinski definition) is 5. The van der Waals surface area contributed by atoms with Crippen LogP contribution in [-0.4, -0.2) is 25.6 Å². The predicted octanol–water partition coefficient (Wildman–Crippen LogP) is 16.6. The summed E-state index contributed by atoms with van der Waals surface area (Å²) >= 11 is 0. The lowest BCUT2D eigenvalue weighted by Gasteiger charge is -2.42. The van der Waals surface area contributed by atoms with Crippen LogP contribution < -0.4 is 4.90 Å². The maximum Gasteiger partial charge on any atom is 0.164 e. The summed E-state index contributed by atoms with van der Waals surface area (Å²) in [6.45, 7) is 4.89. The first-order valence-corrected chi connectivity index (χ1v) is 24.6. The number of para-hydroxylation sites is 3. The molecule has 0 spiro atoms. The van der Waals surface area contributed by atoms with E-state index in [1.54, 1.807) is 0 Å². The Kier molecular flexibility index (Phi) is 9.33. The molecule has 12 aromatic rings. The van der Waals surface area contributed by atoms with E-state index < -0.39 is 0 Å². The fourth-order valence-electron chi connectivity index (χ4n) is 11.7. The molecule has 1 aliphatic heterocycles. The van der Waals surface area contributed by atoms with E-state index in [-0.39, 0.29) is 11.5 Å². The first-order chi connectivity index (χ1) is 35.0. The number of hydrogen-bond donors (Lipinski definition) is 0. The zero-order valence-electron chi connectivity index (χ0n) is 39.4. The lowest BCUT2D eigenvalue weighted by molar-refractivity contribution is 0.290. The van der Waals surface area contributed by atoms with E-state index in [1.807, 2.05) is 36.4 Å². The zero-order valence-corrected chi connectivity index (χ0v) is 39.4. The summed E-state index contributed by atoms with van der Waals surface area (Å²) in [6.07, 6.45) is 5.90. The Morgan fingerprint density at radius 3 is 1.76 bits per heavy atom. The summed E-state index contributed by atoms with van der Waals surface area (Å²) in [5, 5.41) is 4.50. The van der Waals surface area contributed by atoms with Crippen molar-refractivity contribution in [1.82, 2.24) is 19.5 Å². The molecule has 0 fully saturated rings. The van der Waals surface area contributed by atoms with E-state index in [9.17, 15) is 0 Å². The number of aromatic nitrogens is 4. The van der Waals surface area contributed by atoms with E-state index in [2.05, 4.69) is 211 Å². The molecule has 0 N–H and O–H groups in total. The standard InChI is InChI=1S/C65H47N5O/c1-41-17-16-28-58-65(41,2)54-38-35-47(39-56(54)69(58)48-22-10-5-11-23-48)52-40-53-50-24-13-15-27-57(50)71-61(53)60-59(52)51-25-12-14-26-55(51)70(60)49-36-33-46(34-37-49)64-67-62(44-20-8-4-9-21-44)66-63(68-64)45-31-29-43(30-32-45)42-18-6-3-7-19-42/h3-16,18-41,58H,17H2,1-2H3. The maximum atomic E-state index is 6.96. The Morgan fingerprint density at radius 1 is 0.507 bits per heavy atom. The smallest absolute Gasteiger partial charge is 0.164 e. The molecule has 3 aromatic heterocycles. The molecule has 0 saturated heterocycles. The van der Waals surface area contributed by atoms with E-state index in [0.717, 1.165) is 78.1 Å². The van der Waals surface area contributed by atoms with Gasteiger partial charge < -0.3 is 13.9 Å². The maximum absolute atomic E-state index is 6.96. The highest BCUT2D eigenvalue weighted by molar-refractivity contribution is 6.26. The lowest BCUT2D eigenvalue weighted by atomic mass is 9.65. The molecule has 0 bridgehead atoms. The van der Waals surface area contributed by atoms with Gasteiger partial charge in [0.2, 0.25) is 0 Å². The van der Waals surface area contributed by atoms with Crippen LogP contribution in [0, 0.1) is 5.92 Å². The largest absolute Gasteiger partial charge is 0.454 e. The van der Waals surface area contributed by atoms with Gasteiger partial charge in [0.25, 0.3) is 0 Å². The molecule has 0 amide bonds. The Bertz CT molecular complexity index is 4050. The SMILES string of the molecule is CC1CC=CC2N(c3ccccc3)c3cc(-c4cc5c6ccccc6oc5c5c4c4ccccc4n5-c4ccc(-c5nc(-c6ccccc6)nc(-c6ccc(-c7ccccc7)cc6)n5)cc4)ccc3C12C. The molecule has 4 heterocycles. The molecule has 9 aromatic carbocycles. The molecule has 2 aliphatic rings. The second-order valence-electron chi connectivity index (χ2n) is 19.4. The molecule has 14 rings (SSSR count). The van der Waals surface area contributed by atoms with Crippen LogP contribution in [0.5, 0.6) is 0 Å². The summed E-state index contributed by atoms with van der Waals surface area (Å²) in [6, 6.07) is 75.6. The molecule has 0 radical (unpaired) electrons. The van der Waals surface area contributed by atoms with Crippen molar-refractivity contribution in [2.24, 2.45) is 5.92 Å². The van der Waals surface area contributed by atoms with E-state index >= 15 is 0 Å². The molecule has 1 aliphatic carbocycles. The highest BCUT2D eigenvalue weighted by atomic mass is 16.3. The highest BCUT2D eigenvalue weighted by Gasteiger charge is 2.51. The topological polar surface area (TPSA) is 60.0 Å². The second kappa shape index (κ2) is 16.1. The first kappa shape index (κ1) is 41.1. The minimum Gasteiger partial charge on any atom is -0.454 e. The summed E-state index contributed by atoms with van der Waals surface area (Å²) in [5.41, 5.74) is 16.1. The van der Waals surface area contributed by atoms with Crippen molar-refractivity contribution >= 4 is 55.1 Å². The van der Waals surface area contributed by atoms with Gasteiger partial charge in [-0.3, -0.25) is 0 Å². The van der Waals surface area contributed by atoms with E-state index in [1.165, 1.54) is 33.6 Å². The first-order valence-electron chi connectivity index (χ1n) is 24.6. The molecule has 71 heavy (non-hydrogen) atoms. The van der Waals surface area contributed by atoms with Gasteiger partial charge in [0, 0.05) is 60.7 Å². The van der Waals surface area contributed by atoms with Crippen molar-refractivity contribution in [3.05, 3.63) is 230 Å². The summed E-state index contributed by atoms with van der Waals surface area (Å²) in [7, 11) is 0. The molecule has 0 saturated carbocycles. The third-order valence-corrected chi connectivity index (χ3v) is 15.5. The fourth-order valence-corrected chi connectivity index (χ4v) is 11.7. The average Bonchev–Trinajstić information content (AvgIpc) is 4.08. The van der Waals surface area contributed by atoms with Gasteiger partial charge in [0.05, 0.1) is 17.1 Å². The molecule has 338 valence electrons. The van der Waals surface area contributed by atoms with Crippen LogP contribution in [-0.2, 0) is 5.41 Å². The predicted molar refractivity (Wildman–Crippen MR) is 291 cm³/mol. The number of furan rings is 1. The third kappa shape index (κ3) is 6.44. The Hall–Kier alpha value is -8.87. The van der Waals surface area contributed by atoms with Crippen molar-refractivity contribution in [2.45, 2.75) is 31.7 Å². The fraction of sp³-hybridized carbons (Fsp3) is 0.0923. The molecular formula is C65H47N5O. The van der Waals surface area contributed by atoms with Gasteiger partial charge in [-0.05, 0) is 101 Å². The summed E-state index contributed by atoms with van der Waals surface area (Å²) < 4.78 is 9.34. The lowest BCUT2D eigenvalue weighted by Crippen LogP contribution is -2.45. The molecule has 6 heteroatoms. The van der Waals surface area contributed by atoms with Gasteiger partial charge in [-0.2, -0.15) is 0 Å². The average molecular weight is 914 g/mol. The minimum absolute atomic E-state index is 0.0409. The summed E-state index contributed by atoms with van der Waals surface area (Å²) in [4.78, 5) is 17.8. The van der Waals surface area contributed by atoms with Gasteiger partial charge in [0.15, 0.2) is 23.1 Å². The van der Waals surface area contributed by atoms with E-state index in [4.69, 9.17) is 19.4 Å². The van der Waals surface area contributed by atoms with Crippen LogP contribution in [0.25, 0.3) is 106 Å². The summed E-state index contributed by atoms with van der Waals surface area (Å²) in [5.74, 6) is 2.34. The van der Waals surface area contributed by atoms with Crippen molar-refractivity contribution in [3.63, 3.8) is 0 Å². The minimum atomic E-state index is -0.0409. The third-order valence-electron chi connectivity index (χ3n) is 15.5. The highest BCUT2D eigenvalue weighted by Crippen LogP contribution is 2.56. The van der Waals surface area contributed by atoms with Gasteiger partial charge >= 0.3 is 0 Å². The van der Waals surface area contributed by atoms with Crippen LogP contribution in [0.4, 0.5) is 11.4 Å². The van der Waals surface area contributed by atoms with Crippen LogP contribution >= 0.6 is 0 Å².